The molecule has 2 heterocycles. The molecule has 0 unspecified atom stereocenters. The van der Waals surface area contributed by atoms with Gasteiger partial charge >= 0.3 is 0 Å². The minimum Gasteiger partial charge on any atom is -0.504 e. The third-order valence-electron chi connectivity index (χ3n) is 5.09. The number of aromatic hydroxyl groups is 1. The average molecular weight is 323 g/mol. The van der Waals surface area contributed by atoms with Crippen molar-refractivity contribution in [3.63, 3.8) is 0 Å². The number of nitrogens with zero attached hydrogens (tertiary/aromatic N) is 2. The summed E-state index contributed by atoms with van der Waals surface area (Å²) < 4.78 is 16.6. The van der Waals surface area contributed by atoms with E-state index < -0.39 is 14.1 Å². The molecule has 0 fully saturated rings. The first-order valence-electron chi connectivity index (χ1n) is 8.01. The molecule has 22 heavy (non-hydrogen) atoms. The normalized spacial score (nSPS) is 13.0. The average Bonchev–Trinajstić information content (AvgIpc) is 2.72. The van der Waals surface area contributed by atoms with Crippen LogP contribution in [0.5, 0.6) is 5.75 Å². The summed E-state index contributed by atoms with van der Waals surface area (Å²) in [6.45, 7) is 15.7. The molecular weight excluding hydrogens is 295 g/mol. The Morgan fingerprint density at radius 1 is 1.09 bits per heavy atom. The van der Waals surface area contributed by atoms with Gasteiger partial charge in [-0.1, -0.05) is 41.5 Å². The first-order valence-corrected chi connectivity index (χ1v) is 10.2. The van der Waals surface area contributed by atoms with E-state index in [1.165, 1.54) is 6.20 Å². The van der Waals surface area contributed by atoms with Crippen molar-refractivity contribution in [2.24, 2.45) is 0 Å². The van der Waals surface area contributed by atoms with Crippen LogP contribution < -0.4 is 0 Å². The molecule has 122 valence electrons. The molecule has 0 aliphatic heterocycles. The summed E-state index contributed by atoms with van der Waals surface area (Å²) in [7, 11) is -1.99. The summed E-state index contributed by atoms with van der Waals surface area (Å²) in [5, 5.41) is 10.0. The van der Waals surface area contributed by atoms with Crippen LogP contribution in [0.3, 0.4) is 0 Å². The van der Waals surface area contributed by atoms with Crippen LogP contribution in [-0.4, -0.2) is 22.6 Å². The molecule has 0 saturated carbocycles. The number of hydrogen-bond donors (Lipinski definition) is 1. The zero-order valence-electron chi connectivity index (χ0n) is 14.6. The van der Waals surface area contributed by atoms with Crippen molar-refractivity contribution in [3.05, 3.63) is 23.8 Å². The van der Waals surface area contributed by atoms with Crippen LogP contribution in [0.2, 0.25) is 16.6 Å². The van der Waals surface area contributed by atoms with Crippen molar-refractivity contribution in [1.29, 1.82) is 0 Å². The van der Waals surface area contributed by atoms with Crippen LogP contribution >= 0.6 is 0 Å². The van der Waals surface area contributed by atoms with Gasteiger partial charge in [-0.2, -0.15) is 0 Å². The van der Waals surface area contributed by atoms with Gasteiger partial charge in [-0.3, -0.25) is 0 Å². The molecule has 2 aromatic heterocycles. The SMILES string of the molecule is Cc1cc2c(F)c(O)cnc2n1[Si](C(C)C)(C(C)C)C(C)C. The highest BCUT2D eigenvalue weighted by atomic mass is 28.3. The van der Waals surface area contributed by atoms with E-state index in [0.717, 1.165) is 5.69 Å². The zero-order chi connectivity index (χ0) is 16.8. The van der Waals surface area contributed by atoms with E-state index in [-0.39, 0.29) is 5.75 Å². The maximum atomic E-state index is 14.3. The summed E-state index contributed by atoms with van der Waals surface area (Å²) in [5.41, 5.74) is 3.21. The number of fused-ring (bicyclic) bond motifs is 1. The largest absolute Gasteiger partial charge is 0.504 e. The number of halogens is 1. The second-order valence-corrected chi connectivity index (χ2v) is 12.9. The molecular formula is C17H27FN2OSi. The number of aryl methyl sites for hydroxylation is 1. The molecule has 2 rings (SSSR count). The highest BCUT2D eigenvalue weighted by Crippen LogP contribution is 2.45. The standard InChI is InChI=1S/C17H27FN2OSi/c1-10(2)22(11(3)4,12(5)6)20-13(7)8-14-16(18)15(21)9-19-17(14)20/h8-12,21H,1-7H3. The van der Waals surface area contributed by atoms with Gasteiger partial charge in [0.1, 0.15) is 5.65 Å². The van der Waals surface area contributed by atoms with Gasteiger partial charge < -0.3 is 9.34 Å². The maximum absolute atomic E-state index is 14.3. The van der Waals surface area contributed by atoms with Crippen LogP contribution in [0.4, 0.5) is 4.39 Å². The first kappa shape index (κ1) is 17.0. The molecule has 0 spiro atoms. The van der Waals surface area contributed by atoms with E-state index in [1.807, 2.05) is 13.0 Å². The number of aromatic nitrogens is 2. The molecule has 5 heteroatoms. The fourth-order valence-electron chi connectivity index (χ4n) is 4.49. The molecule has 0 radical (unpaired) electrons. The molecule has 0 aliphatic rings. The smallest absolute Gasteiger partial charge is 0.177 e. The Labute approximate surface area is 133 Å². The molecule has 0 aliphatic carbocycles. The van der Waals surface area contributed by atoms with E-state index in [4.69, 9.17) is 0 Å². The summed E-state index contributed by atoms with van der Waals surface area (Å²) in [5.74, 6) is -0.943. The Kier molecular flexibility index (Phi) is 4.39. The zero-order valence-corrected chi connectivity index (χ0v) is 15.6. The minimum absolute atomic E-state index is 0.379. The predicted octanol–water partition coefficient (Wildman–Crippen LogP) is 5.21. The lowest BCUT2D eigenvalue weighted by Crippen LogP contribution is -2.52. The van der Waals surface area contributed by atoms with Gasteiger partial charge in [0.2, 0.25) is 0 Å². The van der Waals surface area contributed by atoms with Crippen LogP contribution in [0.1, 0.15) is 47.2 Å². The van der Waals surface area contributed by atoms with E-state index in [1.54, 1.807) is 0 Å². The Hall–Kier alpha value is -1.36. The van der Waals surface area contributed by atoms with Crippen molar-refractivity contribution in [3.8, 4) is 5.75 Å². The van der Waals surface area contributed by atoms with Gasteiger partial charge in [0.25, 0.3) is 0 Å². The molecule has 3 nitrogen and oxygen atoms in total. The van der Waals surface area contributed by atoms with Crippen molar-refractivity contribution in [2.45, 2.75) is 65.1 Å². The minimum atomic E-state index is -1.99. The molecule has 0 bridgehead atoms. The van der Waals surface area contributed by atoms with Gasteiger partial charge in [-0.15, -0.1) is 0 Å². The van der Waals surface area contributed by atoms with Crippen molar-refractivity contribution >= 4 is 19.3 Å². The third kappa shape index (κ3) is 2.17. The molecule has 0 amide bonds. The first-order chi connectivity index (χ1) is 10.2. The lowest BCUT2D eigenvalue weighted by atomic mass is 10.3. The van der Waals surface area contributed by atoms with Crippen molar-refractivity contribution in [2.75, 3.05) is 0 Å². The number of pyridine rings is 1. The van der Waals surface area contributed by atoms with Gasteiger partial charge in [-0.05, 0) is 29.6 Å². The molecule has 1 N–H and O–H groups in total. The number of hydrogen-bond acceptors (Lipinski definition) is 2. The second-order valence-electron chi connectivity index (χ2n) is 7.17. The van der Waals surface area contributed by atoms with Crippen molar-refractivity contribution < 1.29 is 9.50 Å². The van der Waals surface area contributed by atoms with Crippen LogP contribution in [-0.2, 0) is 0 Å². The summed E-state index contributed by atoms with van der Waals surface area (Å²) in [6.07, 6.45) is 1.23. The van der Waals surface area contributed by atoms with Crippen LogP contribution in [0.25, 0.3) is 11.0 Å². The highest BCUT2D eigenvalue weighted by molar-refractivity contribution is 6.82. The lowest BCUT2D eigenvalue weighted by molar-refractivity contribution is 0.433. The third-order valence-corrected chi connectivity index (χ3v) is 12.0. The van der Waals surface area contributed by atoms with E-state index >= 15 is 0 Å². The molecule has 2 aromatic rings. The highest BCUT2D eigenvalue weighted by Gasteiger charge is 2.47. The summed E-state index contributed by atoms with van der Waals surface area (Å²) >= 11 is 0. The topological polar surface area (TPSA) is 38.1 Å². The molecule has 0 saturated heterocycles. The quantitative estimate of drug-likeness (QED) is 0.784. The fourth-order valence-corrected chi connectivity index (χ4v) is 11.3. The number of rotatable bonds is 4. The Bertz CT molecular complexity index is 670. The van der Waals surface area contributed by atoms with E-state index in [9.17, 15) is 9.50 Å². The summed E-state index contributed by atoms with van der Waals surface area (Å²) in [6, 6.07) is 1.83. The maximum Gasteiger partial charge on any atom is 0.177 e. The Morgan fingerprint density at radius 2 is 1.59 bits per heavy atom. The van der Waals surface area contributed by atoms with Crippen molar-refractivity contribution in [1.82, 2.24) is 9.22 Å². The summed E-state index contributed by atoms with van der Waals surface area (Å²) in [4.78, 5) is 4.38. The lowest BCUT2D eigenvalue weighted by Gasteiger charge is -2.45. The molecule has 0 aromatic carbocycles. The Morgan fingerprint density at radius 3 is 2.05 bits per heavy atom. The van der Waals surface area contributed by atoms with E-state index in [2.05, 4.69) is 50.8 Å². The van der Waals surface area contributed by atoms with Gasteiger partial charge in [0.15, 0.2) is 19.8 Å². The van der Waals surface area contributed by atoms with Gasteiger partial charge in [0.05, 0.1) is 11.6 Å². The van der Waals surface area contributed by atoms with Gasteiger partial charge in [0, 0.05) is 5.69 Å². The predicted molar refractivity (Wildman–Crippen MR) is 92.5 cm³/mol. The second kappa shape index (κ2) is 5.69. The molecule has 0 atom stereocenters. The van der Waals surface area contributed by atoms with Crippen LogP contribution in [0, 0.1) is 12.7 Å². The Balaban J connectivity index is 2.92. The fraction of sp³-hybridized carbons (Fsp3) is 0.588. The van der Waals surface area contributed by atoms with E-state index in [0.29, 0.717) is 27.7 Å². The monoisotopic (exact) mass is 322 g/mol. The van der Waals surface area contributed by atoms with Gasteiger partial charge in [-0.25, -0.2) is 9.37 Å². The van der Waals surface area contributed by atoms with Crippen LogP contribution in [0.15, 0.2) is 12.3 Å².